The van der Waals surface area contributed by atoms with E-state index in [-0.39, 0.29) is 11.8 Å². The summed E-state index contributed by atoms with van der Waals surface area (Å²) in [7, 11) is 0. The first-order valence-corrected chi connectivity index (χ1v) is 8.60. The zero-order valence-corrected chi connectivity index (χ0v) is 14.7. The van der Waals surface area contributed by atoms with Crippen molar-refractivity contribution in [2.45, 2.75) is 37.0 Å². The monoisotopic (exact) mass is 344 g/mol. The molecule has 2 N–H and O–H groups in total. The second-order valence-electron chi connectivity index (χ2n) is 5.99. The molecule has 1 unspecified atom stereocenters. The lowest BCUT2D eigenvalue weighted by molar-refractivity contribution is -0.129. The first-order chi connectivity index (χ1) is 11.4. The van der Waals surface area contributed by atoms with Gasteiger partial charge in [0.25, 0.3) is 0 Å². The predicted octanol–water partition coefficient (Wildman–Crippen LogP) is 2.12. The van der Waals surface area contributed by atoms with Gasteiger partial charge in [0.05, 0.1) is 17.9 Å². The Bertz CT molecular complexity index is 802. The van der Waals surface area contributed by atoms with Gasteiger partial charge in [-0.3, -0.25) is 14.3 Å². The number of carbonyl (C=O) groups excluding carboxylic acids is 2. The first kappa shape index (κ1) is 16.6. The number of nitrogens with zero attached hydrogens (tertiary/aromatic N) is 2. The number of anilines is 1. The molecule has 0 spiro atoms. The van der Waals surface area contributed by atoms with E-state index in [9.17, 15) is 9.59 Å². The Labute approximate surface area is 145 Å². The van der Waals surface area contributed by atoms with Gasteiger partial charge in [0.15, 0.2) is 4.75 Å². The summed E-state index contributed by atoms with van der Waals surface area (Å²) in [6, 6.07) is 9.48. The second-order valence-corrected chi connectivity index (χ2v) is 7.45. The minimum absolute atomic E-state index is 0.291. The van der Waals surface area contributed by atoms with E-state index >= 15 is 0 Å². The van der Waals surface area contributed by atoms with Crippen molar-refractivity contribution in [1.82, 2.24) is 15.1 Å². The normalized spacial score (nSPS) is 19.5. The molecule has 6 nitrogen and oxygen atoms in total. The summed E-state index contributed by atoms with van der Waals surface area (Å²) in [4.78, 5) is 25.9. The van der Waals surface area contributed by atoms with Crippen LogP contribution in [0.15, 0.2) is 35.2 Å². The van der Waals surface area contributed by atoms with Crippen molar-refractivity contribution < 1.29 is 9.59 Å². The summed E-state index contributed by atoms with van der Waals surface area (Å²) in [6.07, 6.45) is 0. The van der Waals surface area contributed by atoms with Gasteiger partial charge in [-0.05, 0) is 39.0 Å². The van der Waals surface area contributed by atoms with Gasteiger partial charge in [0, 0.05) is 17.1 Å². The van der Waals surface area contributed by atoms with Crippen LogP contribution < -0.4 is 10.6 Å². The summed E-state index contributed by atoms with van der Waals surface area (Å²) in [5.41, 5.74) is 2.75. The third-order valence-corrected chi connectivity index (χ3v) is 5.38. The Morgan fingerprint density at radius 2 is 2.12 bits per heavy atom. The van der Waals surface area contributed by atoms with Crippen LogP contribution >= 0.6 is 11.8 Å². The number of thioether (sulfide) groups is 1. The highest BCUT2D eigenvalue weighted by atomic mass is 32.2. The van der Waals surface area contributed by atoms with Gasteiger partial charge in [-0.25, -0.2) is 0 Å². The van der Waals surface area contributed by atoms with E-state index in [0.29, 0.717) is 13.1 Å². The predicted molar refractivity (Wildman–Crippen MR) is 94.0 cm³/mol. The molecule has 0 bridgehead atoms. The largest absolute Gasteiger partial charge is 0.353 e. The number of benzene rings is 1. The summed E-state index contributed by atoms with van der Waals surface area (Å²) >= 11 is 1.28. The lowest BCUT2D eigenvalue weighted by Gasteiger charge is -2.31. The molecule has 24 heavy (non-hydrogen) atoms. The fourth-order valence-corrected chi connectivity index (χ4v) is 3.79. The van der Waals surface area contributed by atoms with Crippen molar-refractivity contribution >= 4 is 29.3 Å². The molecule has 0 fully saturated rings. The van der Waals surface area contributed by atoms with Gasteiger partial charge in [-0.2, -0.15) is 5.10 Å². The van der Waals surface area contributed by atoms with Gasteiger partial charge in [0.1, 0.15) is 0 Å². The zero-order valence-electron chi connectivity index (χ0n) is 13.9. The summed E-state index contributed by atoms with van der Waals surface area (Å²) in [5.74, 6) is -0.587. The van der Waals surface area contributed by atoms with E-state index in [1.165, 1.54) is 11.8 Å². The second kappa shape index (κ2) is 6.32. The number of aromatic nitrogens is 2. The van der Waals surface area contributed by atoms with Crippen LogP contribution in [0.1, 0.15) is 18.3 Å². The Morgan fingerprint density at radius 3 is 2.83 bits per heavy atom. The highest BCUT2D eigenvalue weighted by molar-refractivity contribution is 8.02. The molecule has 0 saturated heterocycles. The zero-order chi connectivity index (χ0) is 17.3. The van der Waals surface area contributed by atoms with E-state index < -0.39 is 4.75 Å². The van der Waals surface area contributed by atoms with Crippen LogP contribution in [-0.4, -0.2) is 32.9 Å². The van der Waals surface area contributed by atoms with Crippen molar-refractivity contribution in [1.29, 1.82) is 0 Å². The fraction of sp³-hybridized carbons (Fsp3) is 0.353. The maximum absolute atomic E-state index is 12.6. The summed E-state index contributed by atoms with van der Waals surface area (Å²) in [5, 5.41) is 10.0. The summed E-state index contributed by atoms with van der Waals surface area (Å²) < 4.78 is 0.671. The number of nitrogens with one attached hydrogen (secondary N) is 2. The molecule has 0 radical (unpaired) electrons. The molecule has 1 aliphatic rings. The molecule has 1 aromatic carbocycles. The maximum Gasteiger partial charge on any atom is 0.250 e. The van der Waals surface area contributed by atoms with Crippen LogP contribution in [-0.2, 0) is 16.1 Å². The Hall–Kier alpha value is -2.28. The van der Waals surface area contributed by atoms with Crippen molar-refractivity contribution in [3.8, 4) is 0 Å². The molecule has 2 heterocycles. The van der Waals surface area contributed by atoms with Crippen molar-refractivity contribution in [2.75, 3.05) is 11.9 Å². The smallest absolute Gasteiger partial charge is 0.250 e. The lowest BCUT2D eigenvalue weighted by Crippen LogP contribution is -2.52. The Kier molecular flexibility index (Phi) is 4.36. The van der Waals surface area contributed by atoms with Crippen molar-refractivity contribution in [2.24, 2.45) is 0 Å². The number of aryl methyl sites for hydroxylation is 2. The topological polar surface area (TPSA) is 76.0 Å². The van der Waals surface area contributed by atoms with E-state index in [0.717, 1.165) is 22.0 Å². The molecular formula is C17H20N4O2S. The van der Waals surface area contributed by atoms with Crippen LogP contribution in [0.2, 0.25) is 0 Å². The third-order valence-electron chi connectivity index (χ3n) is 4.03. The van der Waals surface area contributed by atoms with Gasteiger partial charge in [-0.1, -0.05) is 23.9 Å². The molecule has 7 heteroatoms. The number of para-hydroxylation sites is 1. The molecule has 3 rings (SSSR count). The quantitative estimate of drug-likeness (QED) is 0.833. The molecule has 1 aromatic heterocycles. The van der Waals surface area contributed by atoms with Gasteiger partial charge >= 0.3 is 0 Å². The molecule has 1 aliphatic heterocycles. The number of rotatable bonds is 4. The van der Waals surface area contributed by atoms with Crippen LogP contribution in [0.5, 0.6) is 0 Å². The molecule has 1 atom stereocenters. The number of hydrogen-bond donors (Lipinski definition) is 2. The molecule has 0 saturated carbocycles. The van der Waals surface area contributed by atoms with Gasteiger partial charge < -0.3 is 10.6 Å². The van der Waals surface area contributed by atoms with E-state index in [1.807, 2.05) is 48.9 Å². The highest BCUT2D eigenvalue weighted by Gasteiger charge is 2.45. The standard InChI is InChI=1S/C17H20N4O2S/c1-11-10-12(2)21(20-11)9-8-18-15(22)17(3)16(23)19-13-6-4-5-7-14(13)24-17/h4-7,10H,8-9H2,1-3H3,(H,18,22)(H,19,23). The van der Waals surface area contributed by atoms with Crippen LogP contribution in [0, 0.1) is 13.8 Å². The third kappa shape index (κ3) is 3.03. The first-order valence-electron chi connectivity index (χ1n) is 7.79. The number of fused-ring (bicyclic) bond motifs is 1. The van der Waals surface area contributed by atoms with Crippen molar-refractivity contribution in [3.05, 3.63) is 41.7 Å². The Balaban J connectivity index is 1.66. The molecule has 2 amide bonds. The number of amides is 2. The minimum atomic E-state index is -1.18. The maximum atomic E-state index is 12.6. The molecule has 126 valence electrons. The SMILES string of the molecule is Cc1cc(C)n(CCNC(=O)C2(C)Sc3ccccc3NC2=O)n1. The average Bonchev–Trinajstić information content (AvgIpc) is 2.86. The lowest BCUT2D eigenvalue weighted by atomic mass is 10.1. The molecule has 0 aliphatic carbocycles. The van der Waals surface area contributed by atoms with E-state index in [4.69, 9.17) is 0 Å². The fourth-order valence-electron chi connectivity index (χ4n) is 2.66. The number of carbonyl (C=O) groups is 2. The van der Waals surface area contributed by atoms with Crippen LogP contribution in [0.3, 0.4) is 0 Å². The van der Waals surface area contributed by atoms with E-state index in [2.05, 4.69) is 15.7 Å². The van der Waals surface area contributed by atoms with Gasteiger partial charge in [0.2, 0.25) is 11.8 Å². The molecular weight excluding hydrogens is 324 g/mol. The van der Waals surface area contributed by atoms with Crippen LogP contribution in [0.25, 0.3) is 0 Å². The molecule has 2 aromatic rings. The minimum Gasteiger partial charge on any atom is -0.353 e. The van der Waals surface area contributed by atoms with Crippen molar-refractivity contribution in [3.63, 3.8) is 0 Å². The highest BCUT2D eigenvalue weighted by Crippen LogP contribution is 2.42. The average molecular weight is 344 g/mol. The summed E-state index contributed by atoms with van der Waals surface area (Å²) in [6.45, 7) is 6.56. The van der Waals surface area contributed by atoms with Crippen LogP contribution in [0.4, 0.5) is 5.69 Å². The van der Waals surface area contributed by atoms with Gasteiger partial charge in [-0.15, -0.1) is 0 Å². The Morgan fingerprint density at radius 1 is 1.38 bits per heavy atom. The van der Waals surface area contributed by atoms with E-state index in [1.54, 1.807) is 6.92 Å². The number of hydrogen-bond acceptors (Lipinski definition) is 4.